The summed E-state index contributed by atoms with van der Waals surface area (Å²) in [7, 11) is 0. The quantitative estimate of drug-likeness (QED) is 0.635. The number of urea groups is 1. The molecular formula is C11H11BrFN3O4. The molecule has 0 saturated heterocycles. The fourth-order valence-electron chi connectivity index (χ4n) is 1.33. The highest BCUT2D eigenvalue weighted by atomic mass is 79.9. The molecule has 0 aliphatic carbocycles. The van der Waals surface area contributed by atoms with E-state index in [9.17, 15) is 18.8 Å². The number of carboxylic acid groups (broad SMARTS) is 1. The van der Waals surface area contributed by atoms with Gasteiger partial charge in [0.1, 0.15) is 11.9 Å². The van der Waals surface area contributed by atoms with Crippen molar-refractivity contribution in [3.63, 3.8) is 0 Å². The summed E-state index contributed by atoms with van der Waals surface area (Å²) in [6.07, 6.45) is -0.568. The Morgan fingerprint density at radius 1 is 1.40 bits per heavy atom. The Balaban J connectivity index is 2.76. The molecule has 108 valence electrons. The molecule has 1 aromatic carbocycles. The van der Waals surface area contributed by atoms with Crippen LogP contribution in [0.5, 0.6) is 0 Å². The molecule has 1 atom stereocenters. The van der Waals surface area contributed by atoms with Gasteiger partial charge >= 0.3 is 12.0 Å². The first-order chi connectivity index (χ1) is 9.31. The van der Waals surface area contributed by atoms with Crippen LogP contribution >= 0.6 is 15.9 Å². The molecule has 3 amide bonds. The third-order valence-electron chi connectivity index (χ3n) is 2.21. The Morgan fingerprint density at radius 3 is 2.55 bits per heavy atom. The van der Waals surface area contributed by atoms with Crippen LogP contribution in [0, 0.1) is 5.82 Å². The number of primary amides is 1. The first-order valence-electron chi connectivity index (χ1n) is 5.34. The zero-order valence-electron chi connectivity index (χ0n) is 10.0. The number of para-hydroxylation sites is 1. The van der Waals surface area contributed by atoms with Crippen molar-refractivity contribution in [2.45, 2.75) is 12.5 Å². The zero-order valence-corrected chi connectivity index (χ0v) is 11.6. The smallest absolute Gasteiger partial charge is 0.326 e. The first-order valence-corrected chi connectivity index (χ1v) is 6.13. The van der Waals surface area contributed by atoms with Crippen LogP contribution in [0.25, 0.3) is 0 Å². The second-order valence-electron chi connectivity index (χ2n) is 3.76. The monoisotopic (exact) mass is 347 g/mol. The van der Waals surface area contributed by atoms with Crippen LogP contribution in [0.2, 0.25) is 0 Å². The van der Waals surface area contributed by atoms with Crippen LogP contribution in [0.4, 0.5) is 14.9 Å². The largest absolute Gasteiger partial charge is 0.480 e. The Hall–Kier alpha value is -2.16. The molecule has 5 N–H and O–H groups in total. The summed E-state index contributed by atoms with van der Waals surface area (Å²) in [6, 6.07) is 1.59. The number of anilines is 1. The van der Waals surface area contributed by atoms with Crippen molar-refractivity contribution in [1.29, 1.82) is 0 Å². The maximum atomic E-state index is 13.5. The van der Waals surface area contributed by atoms with E-state index in [-0.39, 0.29) is 10.2 Å². The normalized spacial score (nSPS) is 11.5. The van der Waals surface area contributed by atoms with Crippen LogP contribution in [0.3, 0.4) is 0 Å². The van der Waals surface area contributed by atoms with E-state index in [2.05, 4.69) is 21.2 Å². The molecular weight excluding hydrogens is 337 g/mol. The van der Waals surface area contributed by atoms with E-state index < -0.39 is 36.2 Å². The lowest BCUT2D eigenvalue weighted by molar-refractivity contribution is -0.140. The number of carbonyl (C=O) groups is 3. The average molecular weight is 348 g/mol. The number of rotatable bonds is 5. The van der Waals surface area contributed by atoms with Gasteiger partial charge in [0.15, 0.2) is 0 Å². The lowest BCUT2D eigenvalue weighted by Gasteiger charge is -2.14. The highest BCUT2D eigenvalue weighted by Crippen LogP contribution is 2.24. The van der Waals surface area contributed by atoms with Crippen molar-refractivity contribution in [2.75, 3.05) is 5.32 Å². The molecule has 1 aromatic rings. The van der Waals surface area contributed by atoms with Gasteiger partial charge in [-0.25, -0.2) is 14.0 Å². The second kappa shape index (κ2) is 6.85. The molecule has 0 aliphatic rings. The molecule has 0 aliphatic heterocycles. The summed E-state index contributed by atoms with van der Waals surface area (Å²) in [5.74, 6) is -3.01. The number of nitrogens with two attached hydrogens (primary N) is 1. The minimum atomic E-state index is -1.49. The molecule has 9 heteroatoms. The van der Waals surface area contributed by atoms with Crippen molar-refractivity contribution in [3.8, 4) is 0 Å². The molecule has 0 spiro atoms. The highest BCUT2D eigenvalue weighted by molar-refractivity contribution is 9.10. The Morgan fingerprint density at radius 2 is 2.05 bits per heavy atom. The molecule has 7 nitrogen and oxygen atoms in total. The van der Waals surface area contributed by atoms with Crippen LogP contribution in [0.1, 0.15) is 6.42 Å². The standard InChI is InChI=1S/C11H11BrFN3O4/c12-5-2-1-3-6(13)9(5)16-11(20)15-7(10(18)19)4-8(14)17/h1-3,7H,4H2,(H2,14,17)(H,18,19)(H2,15,16,20). The van der Waals surface area contributed by atoms with Gasteiger partial charge < -0.3 is 21.5 Å². The third kappa shape index (κ3) is 4.50. The van der Waals surface area contributed by atoms with Crippen molar-refractivity contribution in [3.05, 3.63) is 28.5 Å². The molecule has 0 fully saturated rings. The number of hydrogen-bond donors (Lipinski definition) is 4. The fraction of sp³-hybridized carbons (Fsp3) is 0.182. The van der Waals surface area contributed by atoms with Gasteiger partial charge in [-0.15, -0.1) is 0 Å². The number of carbonyl (C=O) groups excluding carboxylic acids is 2. The molecule has 0 heterocycles. The van der Waals surface area contributed by atoms with Crippen molar-refractivity contribution in [1.82, 2.24) is 5.32 Å². The summed E-state index contributed by atoms with van der Waals surface area (Å²) in [5.41, 5.74) is 4.72. The number of carboxylic acids is 1. The number of aliphatic carboxylic acids is 1. The molecule has 1 rings (SSSR count). The minimum Gasteiger partial charge on any atom is -0.480 e. The molecule has 0 bridgehead atoms. The molecule has 0 radical (unpaired) electrons. The maximum absolute atomic E-state index is 13.5. The molecule has 0 saturated carbocycles. The van der Waals surface area contributed by atoms with E-state index in [1.807, 2.05) is 5.32 Å². The van der Waals surface area contributed by atoms with Crippen molar-refractivity contribution in [2.24, 2.45) is 5.73 Å². The van der Waals surface area contributed by atoms with Gasteiger partial charge in [-0.3, -0.25) is 4.79 Å². The van der Waals surface area contributed by atoms with Gasteiger partial charge in [-0.1, -0.05) is 6.07 Å². The SMILES string of the molecule is NC(=O)CC(NC(=O)Nc1c(F)cccc1Br)C(=O)O. The molecule has 20 heavy (non-hydrogen) atoms. The number of nitrogens with one attached hydrogen (secondary N) is 2. The van der Waals surface area contributed by atoms with Crippen LogP contribution in [-0.4, -0.2) is 29.1 Å². The second-order valence-corrected chi connectivity index (χ2v) is 4.61. The van der Waals surface area contributed by atoms with E-state index in [1.165, 1.54) is 12.1 Å². The highest BCUT2D eigenvalue weighted by Gasteiger charge is 2.22. The minimum absolute atomic E-state index is 0.145. The van der Waals surface area contributed by atoms with Gasteiger partial charge in [0.2, 0.25) is 5.91 Å². The van der Waals surface area contributed by atoms with Crippen LogP contribution in [-0.2, 0) is 9.59 Å². The Kier molecular flexibility index (Phi) is 5.44. The summed E-state index contributed by atoms with van der Waals surface area (Å²) in [6.45, 7) is 0. The number of benzene rings is 1. The van der Waals surface area contributed by atoms with Gasteiger partial charge in [-0.2, -0.15) is 0 Å². The summed E-state index contributed by atoms with van der Waals surface area (Å²) in [5, 5.41) is 13.0. The average Bonchev–Trinajstić information content (AvgIpc) is 2.32. The van der Waals surface area contributed by atoms with Gasteiger partial charge in [0, 0.05) is 4.47 Å². The Labute approximate surface area is 121 Å². The van der Waals surface area contributed by atoms with Crippen molar-refractivity contribution < 1.29 is 23.9 Å². The number of amides is 3. The van der Waals surface area contributed by atoms with E-state index in [0.717, 1.165) is 6.07 Å². The predicted octanol–water partition coefficient (Wildman–Crippen LogP) is 1.04. The molecule has 1 unspecified atom stereocenters. The number of hydrogen-bond acceptors (Lipinski definition) is 3. The third-order valence-corrected chi connectivity index (χ3v) is 2.87. The first kappa shape index (κ1) is 15.9. The zero-order chi connectivity index (χ0) is 15.3. The predicted molar refractivity (Wildman–Crippen MR) is 71.5 cm³/mol. The molecule has 0 aromatic heterocycles. The van der Waals surface area contributed by atoms with Gasteiger partial charge in [-0.05, 0) is 28.1 Å². The number of halogens is 2. The topological polar surface area (TPSA) is 122 Å². The summed E-state index contributed by atoms with van der Waals surface area (Å²) >= 11 is 3.04. The summed E-state index contributed by atoms with van der Waals surface area (Å²) in [4.78, 5) is 33.1. The van der Waals surface area contributed by atoms with Crippen LogP contribution < -0.4 is 16.4 Å². The van der Waals surface area contributed by atoms with Crippen LogP contribution in [0.15, 0.2) is 22.7 Å². The van der Waals surface area contributed by atoms with E-state index in [0.29, 0.717) is 0 Å². The lowest BCUT2D eigenvalue weighted by Crippen LogP contribution is -2.45. The van der Waals surface area contributed by atoms with E-state index >= 15 is 0 Å². The fourth-order valence-corrected chi connectivity index (χ4v) is 1.77. The van der Waals surface area contributed by atoms with Crippen molar-refractivity contribution >= 4 is 39.5 Å². The van der Waals surface area contributed by atoms with Gasteiger partial charge in [0.25, 0.3) is 0 Å². The van der Waals surface area contributed by atoms with Gasteiger partial charge in [0.05, 0.1) is 12.1 Å². The van der Waals surface area contributed by atoms with E-state index in [1.54, 1.807) is 0 Å². The maximum Gasteiger partial charge on any atom is 0.326 e. The lowest BCUT2D eigenvalue weighted by atomic mass is 10.2. The van der Waals surface area contributed by atoms with E-state index in [4.69, 9.17) is 10.8 Å². The summed E-state index contributed by atoms with van der Waals surface area (Å²) < 4.78 is 13.7. The Bertz CT molecular complexity index is 532.